The van der Waals surface area contributed by atoms with Crippen LogP contribution in [0.1, 0.15) is 12.6 Å². The van der Waals surface area contributed by atoms with Gasteiger partial charge in [-0.25, -0.2) is 4.63 Å². The van der Waals surface area contributed by atoms with Gasteiger partial charge in [0.1, 0.15) is 5.69 Å². The maximum Gasteiger partial charge on any atom is 0.168 e. The van der Waals surface area contributed by atoms with Gasteiger partial charge in [0.25, 0.3) is 0 Å². The van der Waals surface area contributed by atoms with E-state index in [0.29, 0.717) is 0 Å². The zero-order valence-electron chi connectivity index (χ0n) is 4.39. The van der Waals surface area contributed by atoms with Gasteiger partial charge in [0.15, 0.2) is 3.70 Å². The molecule has 3 nitrogen and oxygen atoms in total. The van der Waals surface area contributed by atoms with Crippen molar-refractivity contribution in [3.05, 3.63) is 9.39 Å². The van der Waals surface area contributed by atoms with Crippen LogP contribution in [0.3, 0.4) is 0 Å². The number of aromatic nitrogens is 2. The van der Waals surface area contributed by atoms with Crippen molar-refractivity contribution in [3.63, 3.8) is 0 Å². The molecule has 1 rings (SSSR count). The van der Waals surface area contributed by atoms with Crippen LogP contribution in [-0.2, 0) is 6.42 Å². The van der Waals surface area contributed by atoms with Crippen molar-refractivity contribution >= 4 is 22.6 Å². The third-order valence-electron chi connectivity index (χ3n) is 0.845. The quantitative estimate of drug-likeness (QED) is 0.673. The molecule has 44 valence electrons. The van der Waals surface area contributed by atoms with E-state index in [4.69, 9.17) is 0 Å². The molecule has 0 aliphatic carbocycles. The van der Waals surface area contributed by atoms with Crippen LogP contribution in [0.15, 0.2) is 4.63 Å². The molecule has 0 fully saturated rings. The molecule has 0 N–H and O–H groups in total. The lowest BCUT2D eigenvalue weighted by Crippen LogP contribution is -1.80. The molecule has 0 aliphatic heterocycles. The Kier molecular flexibility index (Phi) is 1.82. The van der Waals surface area contributed by atoms with Crippen LogP contribution in [0.2, 0.25) is 0 Å². The van der Waals surface area contributed by atoms with Crippen LogP contribution in [0.4, 0.5) is 0 Å². The van der Waals surface area contributed by atoms with E-state index < -0.39 is 0 Å². The van der Waals surface area contributed by atoms with Gasteiger partial charge >= 0.3 is 0 Å². The summed E-state index contributed by atoms with van der Waals surface area (Å²) in [7, 11) is 0. The molecule has 0 saturated carbocycles. The fraction of sp³-hybridized carbons (Fsp3) is 0.500. The standard InChI is InChI=1S/C4H5IN2O/c1-2-3-4(5)7-8-6-3/h2H2,1H3. The smallest absolute Gasteiger partial charge is 0.168 e. The summed E-state index contributed by atoms with van der Waals surface area (Å²) in [5.74, 6) is 0. The van der Waals surface area contributed by atoms with Gasteiger partial charge in [0, 0.05) is 0 Å². The Morgan fingerprint density at radius 3 is 2.62 bits per heavy atom. The van der Waals surface area contributed by atoms with Gasteiger partial charge in [-0.15, -0.1) is 0 Å². The monoisotopic (exact) mass is 224 g/mol. The van der Waals surface area contributed by atoms with Crippen molar-refractivity contribution in [1.29, 1.82) is 0 Å². The highest BCUT2D eigenvalue weighted by molar-refractivity contribution is 14.1. The predicted octanol–water partition coefficient (Wildman–Crippen LogP) is 1.24. The minimum atomic E-state index is 0.866. The molecule has 0 radical (unpaired) electrons. The van der Waals surface area contributed by atoms with Gasteiger partial charge in [0.2, 0.25) is 0 Å². The maximum atomic E-state index is 4.43. The van der Waals surface area contributed by atoms with Crippen LogP contribution >= 0.6 is 22.6 Å². The van der Waals surface area contributed by atoms with Gasteiger partial charge in [-0.05, 0) is 34.2 Å². The van der Waals surface area contributed by atoms with E-state index >= 15 is 0 Å². The minimum absolute atomic E-state index is 0.866. The average molecular weight is 224 g/mol. The first kappa shape index (κ1) is 6.00. The van der Waals surface area contributed by atoms with Gasteiger partial charge in [0.05, 0.1) is 0 Å². The number of rotatable bonds is 1. The fourth-order valence-corrected chi connectivity index (χ4v) is 0.974. The van der Waals surface area contributed by atoms with Crippen LogP contribution in [0, 0.1) is 3.70 Å². The molecule has 0 aromatic carbocycles. The first-order valence-corrected chi connectivity index (χ1v) is 3.39. The van der Waals surface area contributed by atoms with E-state index in [2.05, 4.69) is 37.5 Å². The van der Waals surface area contributed by atoms with Crippen LogP contribution < -0.4 is 0 Å². The second-order valence-corrected chi connectivity index (χ2v) is 2.38. The summed E-state index contributed by atoms with van der Waals surface area (Å²) in [4.78, 5) is 0. The highest BCUT2D eigenvalue weighted by Crippen LogP contribution is 2.04. The topological polar surface area (TPSA) is 38.9 Å². The number of hydrogen-bond acceptors (Lipinski definition) is 3. The highest BCUT2D eigenvalue weighted by atomic mass is 127. The van der Waals surface area contributed by atoms with E-state index in [0.717, 1.165) is 15.8 Å². The van der Waals surface area contributed by atoms with Crippen molar-refractivity contribution in [2.24, 2.45) is 0 Å². The van der Waals surface area contributed by atoms with Gasteiger partial charge in [-0.2, -0.15) is 0 Å². The second kappa shape index (κ2) is 2.43. The maximum absolute atomic E-state index is 4.43. The SMILES string of the molecule is CCc1nonc1I. The van der Waals surface area contributed by atoms with Gasteiger partial charge in [-0.3, -0.25) is 0 Å². The Balaban J connectivity index is 2.92. The Labute approximate surface area is 60.6 Å². The molecular formula is C4H5IN2O. The second-order valence-electron chi connectivity index (χ2n) is 1.36. The normalized spacial score (nSPS) is 9.75. The molecule has 0 unspecified atom stereocenters. The zero-order chi connectivity index (χ0) is 5.98. The third kappa shape index (κ3) is 0.988. The Morgan fingerprint density at radius 1 is 1.62 bits per heavy atom. The van der Waals surface area contributed by atoms with Gasteiger partial charge in [-0.1, -0.05) is 12.1 Å². The number of nitrogens with zero attached hydrogens (tertiary/aromatic N) is 2. The zero-order valence-corrected chi connectivity index (χ0v) is 6.55. The van der Waals surface area contributed by atoms with Crippen LogP contribution in [0.5, 0.6) is 0 Å². The molecule has 0 saturated heterocycles. The van der Waals surface area contributed by atoms with Crippen LogP contribution in [0.25, 0.3) is 0 Å². The third-order valence-corrected chi connectivity index (χ3v) is 1.66. The summed E-state index contributed by atoms with van der Waals surface area (Å²) in [5.41, 5.74) is 0.936. The van der Waals surface area contributed by atoms with Crippen molar-refractivity contribution < 1.29 is 4.63 Å². The highest BCUT2D eigenvalue weighted by Gasteiger charge is 2.00. The largest absolute Gasteiger partial charge is 0.243 e. The van der Waals surface area contributed by atoms with Crippen LogP contribution in [-0.4, -0.2) is 10.3 Å². The minimum Gasteiger partial charge on any atom is -0.243 e. The predicted molar refractivity (Wildman–Crippen MR) is 36.4 cm³/mol. The summed E-state index contributed by atoms with van der Waals surface area (Å²) in [6.45, 7) is 2.02. The van der Waals surface area contributed by atoms with E-state index in [1.54, 1.807) is 0 Å². The molecule has 4 heteroatoms. The number of halogens is 1. The van der Waals surface area contributed by atoms with E-state index in [1.807, 2.05) is 6.92 Å². The number of aryl methyl sites for hydroxylation is 1. The first-order chi connectivity index (χ1) is 3.84. The Morgan fingerprint density at radius 2 is 2.38 bits per heavy atom. The van der Waals surface area contributed by atoms with E-state index in [9.17, 15) is 0 Å². The lowest BCUT2D eigenvalue weighted by atomic mass is 10.4. The molecule has 0 spiro atoms. The molecule has 0 bridgehead atoms. The Bertz CT molecular complexity index is 174. The summed E-state index contributed by atoms with van der Waals surface area (Å²) in [5, 5.41) is 7.23. The van der Waals surface area contributed by atoms with E-state index in [-0.39, 0.29) is 0 Å². The van der Waals surface area contributed by atoms with Crippen molar-refractivity contribution in [2.45, 2.75) is 13.3 Å². The van der Waals surface area contributed by atoms with Crippen molar-refractivity contribution in [1.82, 2.24) is 10.3 Å². The summed E-state index contributed by atoms with van der Waals surface area (Å²) >= 11 is 2.09. The molecule has 8 heavy (non-hydrogen) atoms. The lowest BCUT2D eigenvalue weighted by Gasteiger charge is -1.78. The van der Waals surface area contributed by atoms with Crippen molar-refractivity contribution in [3.8, 4) is 0 Å². The van der Waals surface area contributed by atoms with Gasteiger partial charge < -0.3 is 0 Å². The molecule has 0 amide bonds. The molecule has 1 aromatic heterocycles. The molecule has 0 atom stereocenters. The summed E-state index contributed by atoms with van der Waals surface area (Å²) in [6, 6.07) is 0. The summed E-state index contributed by atoms with van der Waals surface area (Å²) < 4.78 is 5.29. The lowest BCUT2D eigenvalue weighted by molar-refractivity contribution is 0.301. The molecular weight excluding hydrogens is 219 g/mol. The molecule has 1 heterocycles. The number of hydrogen-bond donors (Lipinski definition) is 0. The summed E-state index contributed by atoms with van der Waals surface area (Å²) in [6.07, 6.45) is 0.891. The molecule has 1 aromatic rings. The van der Waals surface area contributed by atoms with Crippen molar-refractivity contribution in [2.75, 3.05) is 0 Å². The Hall–Kier alpha value is -0.130. The average Bonchev–Trinajstić information content (AvgIpc) is 2.14. The van der Waals surface area contributed by atoms with E-state index in [1.165, 1.54) is 0 Å². The molecule has 0 aliphatic rings. The fourth-order valence-electron chi connectivity index (χ4n) is 0.406. The first-order valence-electron chi connectivity index (χ1n) is 2.31.